The van der Waals surface area contributed by atoms with Gasteiger partial charge in [0.15, 0.2) is 17.5 Å². The van der Waals surface area contributed by atoms with Gasteiger partial charge >= 0.3 is 0 Å². The Bertz CT molecular complexity index is 3240. The van der Waals surface area contributed by atoms with Crippen molar-refractivity contribution in [2.24, 2.45) is 0 Å². The third-order valence-electron chi connectivity index (χ3n) is 10.7. The maximum Gasteiger partial charge on any atom is 0.166 e. The van der Waals surface area contributed by atoms with Gasteiger partial charge in [-0.3, -0.25) is 0 Å². The van der Waals surface area contributed by atoms with Crippen molar-refractivity contribution in [2.45, 2.75) is 0 Å². The van der Waals surface area contributed by atoms with Gasteiger partial charge in [-0.25, -0.2) is 15.0 Å². The lowest BCUT2D eigenvalue weighted by Crippen LogP contribution is -2.03. The molecule has 0 radical (unpaired) electrons. The van der Waals surface area contributed by atoms with Gasteiger partial charge in [-0.05, 0) is 53.1 Å². The van der Waals surface area contributed by atoms with Crippen molar-refractivity contribution in [3.63, 3.8) is 0 Å². The quantitative estimate of drug-likeness (QED) is 0.172. The summed E-state index contributed by atoms with van der Waals surface area (Å²) in [4.78, 5) is 15.5. The maximum atomic E-state index is 6.77. The lowest BCUT2D eigenvalue weighted by molar-refractivity contribution is 0.670. The van der Waals surface area contributed by atoms with Crippen LogP contribution in [0.15, 0.2) is 199 Å². The summed E-state index contributed by atoms with van der Waals surface area (Å²) in [5.74, 6) is 1.82. The van der Waals surface area contributed by atoms with Crippen LogP contribution in [0.5, 0.6) is 0 Å². The van der Waals surface area contributed by atoms with Gasteiger partial charge < -0.3 is 8.98 Å². The summed E-state index contributed by atoms with van der Waals surface area (Å²) in [5, 5.41) is 4.45. The van der Waals surface area contributed by atoms with E-state index < -0.39 is 0 Å². The highest BCUT2D eigenvalue weighted by atomic mass is 16.3. The lowest BCUT2D eigenvalue weighted by atomic mass is 10.0. The second-order valence-electron chi connectivity index (χ2n) is 14.0. The highest BCUT2D eigenvalue weighted by Gasteiger charge is 2.23. The summed E-state index contributed by atoms with van der Waals surface area (Å²) in [6.45, 7) is 0. The van der Waals surface area contributed by atoms with Crippen LogP contribution in [0.2, 0.25) is 0 Å². The smallest absolute Gasteiger partial charge is 0.166 e. The van der Waals surface area contributed by atoms with E-state index in [4.69, 9.17) is 19.4 Å². The topological polar surface area (TPSA) is 56.7 Å². The first-order valence-electron chi connectivity index (χ1n) is 18.8. The second-order valence-corrected chi connectivity index (χ2v) is 14.0. The fraction of sp³-hybridized carbons (Fsp3) is 0. The second kappa shape index (κ2) is 13.0. The minimum Gasteiger partial charge on any atom is -0.455 e. The van der Waals surface area contributed by atoms with Crippen molar-refractivity contribution >= 4 is 43.7 Å². The zero-order chi connectivity index (χ0) is 37.0. The van der Waals surface area contributed by atoms with Crippen LogP contribution in [0.3, 0.4) is 0 Å². The Labute approximate surface area is 322 Å². The third-order valence-corrected chi connectivity index (χ3v) is 10.7. The summed E-state index contributed by atoms with van der Waals surface area (Å²) in [7, 11) is 0. The van der Waals surface area contributed by atoms with Crippen LogP contribution < -0.4 is 0 Å². The molecule has 5 heteroatoms. The van der Waals surface area contributed by atoms with E-state index in [1.165, 1.54) is 0 Å². The number of hydrogen-bond donors (Lipinski definition) is 0. The molecule has 0 bridgehead atoms. The highest BCUT2D eigenvalue weighted by Crippen LogP contribution is 2.44. The average molecular weight is 717 g/mol. The first-order valence-corrected chi connectivity index (χ1v) is 18.8. The van der Waals surface area contributed by atoms with Gasteiger partial charge in [-0.15, -0.1) is 0 Å². The van der Waals surface area contributed by atoms with E-state index >= 15 is 0 Å². The fourth-order valence-electron chi connectivity index (χ4n) is 8.10. The molecule has 8 aromatic carbocycles. The van der Waals surface area contributed by atoms with Gasteiger partial charge in [0.25, 0.3) is 0 Å². The van der Waals surface area contributed by atoms with E-state index in [1.807, 2.05) is 42.5 Å². The Morgan fingerprint density at radius 2 is 0.946 bits per heavy atom. The molecule has 11 aromatic rings. The molecule has 0 spiro atoms. The predicted molar refractivity (Wildman–Crippen MR) is 229 cm³/mol. The van der Waals surface area contributed by atoms with Crippen molar-refractivity contribution in [1.82, 2.24) is 19.5 Å². The molecule has 0 saturated heterocycles. The first-order chi connectivity index (χ1) is 27.8. The molecule has 0 unspecified atom stereocenters. The van der Waals surface area contributed by atoms with E-state index in [0.717, 1.165) is 88.4 Å². The number of hydrogen-bond acceptors (Lipinski definition) is 4. The van der Waals surface area contributed by atoms with Crippen molar-refractivity contribution < 1.29 is 4.42 Å². The molecule has 0 aliphatic rings. The summed E-state index contributed by atoms with van der Waals surface area (Å²) in [5.41, 5.74) is 12.0. The summed E-state index contributed by atoms with van der Waals surface area (Å²) >= 11 is 0. The van der Waals surface area contributed by atoms with Crippen LogP contribution in [-0.4, -0.2) is 19.5 Å². The Hall–Kier alpha value is -7.63. The van der Waals surface area contributed by atoms with Crippen molar-refractivity contribution in [3.05, 3.63) is 194 Å². The summed E-state index contributed by atoms with van der Waals surface area (Å²) in [6.07, 6.45) is 0. The Kier molecular flexibility index (Phi) is 7.42. The van der Waals surface area contributed by atoms with E-state index in [-0.39, 0.29) is 0 Å². The molecule has 5 nitrogen and oxygen atoms in total. The van der Waals surface area contributed by atoms with Gasteiger partial charge in [0.05, 0.1) is 22.1 Å². The normalized spacial score (nSPS) is 11.6. The highest BCUT2D eigenvalue weighted by molar-refractivity contribution is 6.25. The minimum atomic E-state index is 0.594. The molecule has 56 heavy (non-hydrogen) atoms. The predicted octanol–water partition coefficient (Wildman–Crippen LogP) is 13.2. The van der Waals surface area contributed by atoms with Crippen LogP contribution in [0.1, 0.15) is 0 Å². The van der Waals surface area contributed by atoms with Gasteiger partial charge in [0, 0.05) is 38.4 Å². The van der Waals surface area contributed by atoms with E-state index in [1.54, 1.807) is 0 Å². The van der Waals surface area contributed by atoms with E-state index in [2.05, 4.69) is 156 Å². The van der Waals surface area contributed by atoms with Gasteiger partial charge in [0.2, 0.25) is 0 Å². The SMILES string of the molecule is c1ccc(-c2cccc(-c3nc(-c4ccccc4)nc(-c4ccccc4-n4c5ccccc5c5ccc6oc7c(-c8ccccc8)cccc7c6c54)n3)c2)cc1. The lowest BCUT2D eigenvalue weighted by Gasteiger charge is -2.15. The molecule has 11 rings (SSSR count). The average Bonchev–Trinajstić information content (AvgIpc) is 3.83. The fourth-order valence-corrected chi connectivity index (χ4v) is 8.10. The Morgan fingerprint density at radius 3 is 1.75 bits per heavy atom. The van der Waals surface area contributed by atoms with Crippen molar-refractivity contribution in [3.8, 4) is 62.1 Å². The van der Waals surface area contributed by atoms with Gasteiger partial charge in [-0.2, -0.15) is 0 Å². The van der Waals surface area contributed by atoms with Crippen LogP contribution in [0.25, 0.3) is 106 Å². The molecule has 262 valence electrons. The first kappa shape index (κ1) is 31.9. The molecule has 0 atom stereocenters. The maximum absolute atomic E-state index is 6.77. The van der Waals surface area contributed by atoms with Crippen LogP contribution in [0, 0.1) is 0 Å². The molecule has 0 fully saturated rings. The van der Waals surface area contributed by atoms with E-state index in [0.29, 0.717) is 17.5 Å². The largest absolute Gasteiger partial charge is 0.455 e. The molecule has 0 saturated carbocycles. The number of nitrogens with zero attached hydrogens (tertiary/aromatic N) is 4. The molecular formula is C51H32N4O. The zero-order valence-corrected chi connectivity index (χ0v) is 30.2. The number of furan rings is 1. The van der Waals surface area contributed by atoms with Gasteiger partial charge in [-0.1, -0.05) is 158 Å². The Balaban J connectivity index is 1.18. The number of para-hydroxylation sites is 3. The zero-order valence-electron chi connectivity index (χ0n) is 30.2. The summed E-state index contributed by atoms with van der Waals surface area (Å²) in [6, 6.07) is 67.2. The Morgan fingerprint density at radius 1 is 0.375 bits per heavy atom. The third kappa shape index (κ3) is 5.21. The number of rotatable bonds is 6. The molecule has 0 aliphatic heterocycles. The van der Waals surface area contributed by atoms with Crippen LogP contribution >= 0.6 is 0 Å². The van der Waals surface area contributed by atoms with Crippen molar-refractivity contribution in [2.75, 3.05) is 0 Å². The molecular weight excluding hydrogens is 685 g/mol. The summed E-state index contributed by atoms with van der Waals surface area (Å²) < 4.78 is 9.14. The van der Waals surface area contributed by atoms with Crippen LogP contribution in [0.4, 0.5) is 0 Å². The molecule has 3 aromatic heterocycles. The number of fused-ring (bicyclic) bond motifs is 7. The molecule has 0 N–H and O–H groups in total. The monoisotopic (exact) mass is 716 g/mol. The van der Waals surface area contributed by atoms with Crippen molar-refractivity contribution in [1.29, 1.82) is 0 Å². The number of benzene rings is 8. The van der Waals surface area contributed by atoms with Crippen LogP contribution in [-0.2, 0) is 0 Å². The van der Waals surface area contributed by atoms with Gasteiger partial charge in [0.1, 0.15) is 11.2 Å². The minimum absolute atomic E-state index is 0.594. The standard InChI is InChI=1S/C51H32N4O/c1-4-16-33(17-5-1)36-22-14-23-37(32-36)50-52-49(35-20-8-3-9-21-35)53-51(54-50)41-25-11-13-29-44(41)55-43-28-12-10-24-39(43)40-30-31-45-46(47(40)55)42-27-15-26-38(48(42)56-45)34-18-6-2-7-19-34/h1-32H. The molecule has 0 aliphatic carbocycles. The molecule has 0 amide bonds. The number of aromatic nitrogens is 4. The molecule has 3 heterocycles. The van der Waals surface area contributed by atoms with E-state index in [9.17, 15) is 0 Å².